The van der Waals surface area contributed by atoms with Crippen molar-refractivity contribution >= 4 is 49.2 Å². The first-order valence-corrected chi connectivity index (χ1v) is 15.9. The lowest BCUT2D eigenvalue weighted by molar-refractivity contribution is 0.0527. The highest BCUT2D eigenvalue weighted by atomic mass is 16.5. The van der Waals surface area contributed by atoms with E-state index in [1.807, 2.05) is 13.0 Å². The van der Waals surface area contributed by atoms with Crippen molar-refractivity contribution in [2.24, 2.45) is 0 Å². The topological polar surface area (TPSA) is 31.2 Å². The largest absolute Gasteiger partial charge is 0.462 e. The van der Waals surface area contributed by atoms with Crippen molar-refractivity contribution in [1.29, 1.82) is 0 Å². The summed E-state index contributed by atoms with van der Waals surface area (Å²) in [4.78, 5) is 13.9. The molecule has 0 saturated heterocycles. The molecule has 0 aliphatic rings. The highest BCUT2D eigenvalue weighted by Crippen LogP contribution is 2.50. The molecule has 0 aliphatic heterocycles. The van der Waals surface area contributed by atoms with E-state index in [1.54, 1.807) is 0 Å². The fraction of sp³-hybridized carbons (Fsp3) is 0.0930. The lowest BCUT2D eigenvalue weighted by atomic mass is 9.82. The number of fused-ring (bicyclic) bond motifs is 8. The number of rotatable bonds is 6. The van der Waals surface area contributed by atoms with Crippen molar-refractivity contribution in [3.8, 4) is 22.3 Å². The molecule has 0 atom stereocenters. The summed E-state index contributed by atoms with van der Waals surface area (Å²) in [5.74, 6) is -0.283. The summed E-state index contributed by atoms with van der Waals surface area (Å²) < 4.78 is 8.09. The number of aromatic nitrogens is 1. The fourth-order valence-corrected chi connectivity index (χ4v) is 7.35. The summed E-state index contributed by atoms with van der Waals surface area (Å²) in [5, 5.41) is 7.80. The van der Waals surface area contributed by atoms with Gasteiger partial charge in [0.1, 0.15) is 0 Å². The molecule has 1 aromatic heterocycles. The van der Waals surface area contributed by atoms with Crippen molar-refractivity contribution in [3.63, 3.8) is 0 Å². The predicted molar refractivity (Wildman–Crippen MR) is 192 cm³/mol. The minimum Gasteiger partial charge on any atom is -0.462 e. The average Bonchev–Trinajstić information content (AvgIpc) is 3.40. The van der Waals surface area contributed by atoms with Crippen molar-refractivity contribution in [2.45, 2.75) is 20.4 Å². The third-order valence-corrected chi connectivity index (χ3v) is 9.23. The highest BCUT2D eigenvalue weighted by molar-refractivity contribution is 6.38. The van der Waals surface area contributed by atoms with Gasteiger partial charge in [-0.25, -0.2) is 4.79 Å². The van der Waals surface area contributed by atoms with E-state index in [0.717, 1.165) is 43.7 Å². The van der Waals surface area contributed by atoms with Crippen LogP contribution in [0.1, 0.15) is 28.5 Å². The molecule has 0 fully saturated rings. The van der Waals surface area contributed by atoms with Gasteiger partial charge in [0, 0.05) is 28.4 Å². The molecule has 46 heavy (non-hydrogen) atoms. The van der Waals surface area contributed by atoms with Gasteiger partial charge in [0.05, 0.1) is 17.7 Å². The van der Waals surface area contributed by atoms with Crippen molar-refractivity contribution in [3.05, 3.63) is 156 Å². The van der Waals surface area contributed by atoms with Crippen LogP contribution >= 0.6 is 0 Å². The zero-order chi connectivity index (χ0) is 31.2. The fourth-order valence-electron chi connectivity index (χ4n) is 7.35. The number of benzene rings is 7. The first-order valence-electron chi connectivity index (χ1n) is 15.9. The third-order valence-electron chi connectivity index (χ3n) is 9.23. The molecule has 3 nitrogen and oxygen atoms in total. The van der Waals surface area contributed by atoms with Gasteiger partial charge in [-0.15, -0.1) is 0 Å². The summed E-state index contributed by atoms with van der Waals surface area (Å²) in [6, 6.07) is 49.3. The summed E-state index contributed by atoms with van der Waals surface area (Å²) in [6.07, 6.45) is 0. The Morgan fingerprint density at radius 3 is 1.63 bits per heavy atom. The molecule has 8 aromatic rings. The van der Waals surface area contributed by atoms with E-state index >= 15 is 0 Å². The average molecular weight is 596 g/mol. The molecule has 0 bridgehead atoms. The molecule has 3 heteroatoms. The van der Waals surface area contributed by atoms with E-state index in [4.69, 9.17) is 4.74 Å². The van der Waals surface area contributed by atoms with Gasteiger partial charge >= 0.3 is 5.97 Å². The maximum absolute atomic E-state index is 13.9. The molecular formula is C43H33NO2. The van der Waals surface area contributed by atoms with Crippen LogP contribution in [0.4, 0.5) is 0 Å². The Morgan fingerprint density at radius 1 is 0.565 bits per heavy atom. The second-order valence-corrected chi connectivity index (χ2v) is 11.8. The Balaban J connectivity index is 1.70. The molecule has 0 amide bonds. The number of nitrogens with zero attached hydrogens (tertiary/aromatic N) is 1. The molecule has 222 valence electrons. The quantitative estimate of drug-likeness (QED) is 0.141. The van der Waals surface area contributed by atoms with Gasteiger partial charge in [-0.1, -0.05) is 140 Å². The van der Waals surface area contributed by atoms with Crippen LogP contribution in [0, 0.1) is 6.92 Å². The van der Waals surface area contributed by atoms with Crippen LogP contribution in [0.3, 0.4) is 0 Å². The lowest BCUT2D eigenvalue weighted by Gasteiger charge is -2.22. The van der Waals surface area contributed by atoms with Gasteiger partial charge in [0.25, 0.3) is 0 Å². The number of ether oxygens (including phenoxy) is 1. The SMILES string of the molecule is CCOC(=O)c1c(C)n(Cc2ccccc2)c2c1c1ccccc1c1c(-c3ccccc3)c(-c3ccccc3)c3ccccc3c12. The smallest absolute Gasteiger partial charge is 0.340 e. The zero-order valence-corrected chi connectivity index (χ0v) is 26.0. The third kappa shape index (κ3) is 4.31. The molecule has 8 rings (SSSR count). The number of carbonyl (C=O) groups is 1. The Hall–Kier alpha value is -5.67. The maximum Gasteiger partial charge on any atom is 0.340 e. The minimum absolute atomic E-state index is 0.283. The van der Waals surface area contributed by atoms with E-state index in [2.05, 4.69) is 145 Å². The molecule has 0 aliphatic carbocycles. The summed E-state index contributed by atoms with van der Waals surface area (Å²) in [7, 11) is 0. The number of carbonyl (C=O) groups excluding carboxylic acids is 1. The van der Waals surface area contributed by atoms with Crippen molar-refractivity contribution in [2.75, 3.05) is 6.61 Å². The van der Waals surface area contributed by atoms with Crippen LogP contribution in [-0.2, 0) is 11.3 Å². The van der Waals surface area contributed by atoms with E-state index < -0.39 is 0 Å². The molecular weight excluding hydrogens is 562 g/mol. The van der Waals surface area contributed by atoms with E-state index in [9.17, 15) is 4.79 Å². The second kappa shape index (κ2) is 11.4. The van der Waals surface area contributed by atoms with Gasteiger partial charge in [-0.05, 0) is 63.2 Å². The number of hydrogen-bond acceptors (Lipinski definition) is 2. The zero-order valence-electron chi connectivity index (χ0n) is 26.0. The lowest BCUT2D eigenvalue weighted by Crippen LogP contribution is -2.08. The molecule has 0 N–H and O–H groups in total. The maximum atomic E-state index is 13.9. The monoisotopic (exact) mass is 595 g/mol. The molecule has 7 aromatic carbocycles. The highest BCUT2D eigenvalue weighted by Gasteiger charge is 2.29. The van der Waals surface area contributed by atoms with Crippen LogP contribution in [0.2, 0.25) is 0 Å². The van der Waals surface area contributed by atoms with Gasteiger partial charge in [-0.2, -0.15) is 0 Å². The Kier molecular flexibility index (Phi) is 6.88. The van der Waals surface area contributed by atoms with Gasteiger partial charge in [-0.3, -0.25) is 0 Å². The number of esters is 1. The number of hydrogen-bond donors (Lipinski definition) is 0. The van der Waals surface area contributed by atoms with E-state index in [0.29, 0.717) is 18.7 Å². The van der Waals surface area contributed by atoms with Crippen molar-refractivity contribution < 1.29 is 9.53 Å². The predicted octanol–water partition coefficient (Wildman–Crippen LogP) is 11.0. The molecule has 1 heterocycles. The van der Waals surface area contributed by atoms with Crippen LogP contribution < -0.4 is 0 Å². The minimum atomic E-state index is -0.283. The molecule has 0 spiro atoms. The van der Waals surface area contributed by atoms with Gasteiger partial charge < -0.3 is 9.30 Å². The summed E-state index contributed by atoms with van der Waals surface area (Å²) >= 11 is 0. The Bertz CT molecular complexity index is 2410. The van der Waals surface area contributed by atoms with Crippen LogP contribution in [0.5, 0.6) is 0 Å². The Morgan fingerprint density at radius 2 is 1.04 bits per heavy atom. The standard InChI is InChI=1S/C43H33NO2/c1-3-46-43(45)36-28(2)44(27-29-17-7-4-8-18-29)42-40(36)35-26-16-14-24-33(35)39-38(31-21-11-6-12-22-31)37(30-19-9-5-10-20-30)32-23-13-15-25-34(32)41(39)42/h4-26H,3,27H2,1-2H3. The van der Waals surface area contributed by atoms with E-state index in [1.165, 1.54) is 33.0 Å². The first-order chi connectivity index (χ1) is 22.7. The normalized spacial score (nSPS) is 11.5. The first kappa shape index (κ1) is 27.8. The van der Waals surface area contributed by atoms with Gasteiger partial charge in [0.2, 0.25) is 0 Å². The van der Waals surface area contributed by atoms with Crippen LogP contribution in [0.15, 0.2) is 140 Å². The molecule has 0 radical (unpaired) electrons. The van der Waals surface area contributed by atoms with Crippen LogP contribution in [0.25, 0.3) is 65.5 Å². The Labute approximate surface area is 268 Å². The molecule has 0 saturated carbocycles. The molecule has 0 unspecified atom stereocenters. The van der Waals surface area contributed by atoms with Crippen molar-refractivity contribution in [1.82, 2.24) is 4.57 Å². The second-order valence-electron chi connectivity index (χ2n) is 11.8. The van der Waals surface area contributed by atoms with E-state index in [-0.39, 0.29) is 5.97 Å². The van der Waals surface area contributed by atoms with Gasteiger partial charge in [0.15, 0.2) is 0 Å². The summed E-state index contributed by atoms with van der Waals surface area (Å²) in [5.41, 5.74) is 8.52. The summed E-state index contributed by atoms with van der Waals surface area (Å²) in [6.45, 7) is 4.88. The van der Waals surface area contributed by atoms with Crippen LogP contribution in [-0.4, -0.2) is 17.1 Å².